The van der Waals surface area contributed by atoms with Crippen molar-refractivity contribution in [1.29, 1.82) is 5.26 Å². The van der Waals surface area contributed by atoms with Crippen molar-refractivity contribution in [3.05, 3.63) is 76.5 Å². The first-order chi connectivity index (χ1) is 18.3. The Morgan fingerprint density at radius 2 is 2.08 bits per heavy atom. The third-order valence-electron chi connectivity index (χ3n) is 7.51. The largest absolute Gasteiger partial charge is 0.378 e. The summed E-state index contributed by atoms with van der Waals surface area (Å²) in [5, 5.41) is 26.5. The van der Waals surface area contributed by atoms with E-state index in [9.17, 15) is 11.0 Å². The molecule has 0 amide bonds. The van der Waals surface area contributed by atoms with Crippen LogP contribution in [0.1, 0.15) is 75.7 Å². The summed E-state index contributed by atoms with van der Waals surface area (Å²) >= 11 is 6.72. The molecule has 2 aromatic heterocycles. The summed E-state index contributed by atoms with van der Waals surface area (Å²) in [7, 11) is 0. The minimum atomic E-state index is -1.58. The Morgan fingerprint density at radius 1 is 1.30 bits per heavy atom. The van der Waals surface area contributed by atoms with Crippen molar-refractivity contribution in [2.24, 2.45) is 0 Å². The zero-order chi connectivity index (χ0) is 26.5. The summed E-state index contributed by atoms with van der Waals surface area (Å²) in [5.41, 5.74) is 3.07. The van der Waals surface area contributed by atoms with Gasteiger partial charge in [-0.15, -0.1) is 5.10 Å². The van der Waals surface area contributed by atoms with Crippen LogP contribution in [0.3, 0.4) is 0 Å². The van der Waals surface area contributed by atoms with Crippen LogP contribution >= 0.6 is 11.6 Å². The third kappa shape index (κ3) is 4.49. The van der Waals surface area contributed by atoms with Gasteiger partial charge in [0.05, 0.1) is 41.4 Å². The first-order valence-corrected chi connectivity index (χ1v) is 13.0. The number of hydrogen-bond donors (Lipinski definition) is 2. The fraction of sp³-hybridized carbons (Fsp3) is 0.357. The van der Waals surface area contributed by atoms with Crippen molar-refractivity contribution in [2.75, 3.05) is 10.6 Å². The Morgan fingerprint density at radius 3 is 2.73 bits per heavy atom. The Kier molecular flexibility index (Phi) is 5.66. The summed E-state index contributed by atoms with van der Waals surface area (Å²) in [5.74, 6) is -0.391. The van der Waals surface area contributed by atoms with Gasteiger partial charge in [0, 0.05) is 22.8 Å². The first-order valence-electron chi connectivity index (χ1n) is 13.1. The predicted octanol–water partition coefficient (Wildman–Crippen LogP) is 6.77. The van der Waals surface area contributed by atoms with Crippen LogP contribution in [0, 0.1) is 17.1 Å². The first kappa shape index (κ1) is 22.5. The molecule has 4 aromatic rings. The molecule has 0 radical (unpaired) electrons. The van der Waals surface area contributed by atoms with E-state index in [2.05, 4.69) is 38.9 Å². The van der Waals surface area contributed by atoms with Gasteiger partial charge < -0.3 is 10.6 Å². The van der Waals surface area contributed by atoms with Crippen molar-refractivity contribution in [1.82, 2.24) is 20.0 Å². The molecule has 0 aliphatic heterocycles. The van der Waals surface area contributed by atoms with Gasteiger partial charge in [-0.05, 0) is 68.4 Å². The lowest BCUT2D eigenvalue weighted by atomic mass is 9.74. The SMILES string of the molecule is [2H]C(Nc1cc(Cl)c2ncc(C#N)c(NC3(CC)CCC3)c2c1)(c1ccc(F)cc1)c1cn(C2CC2)nn1. The molecule has 0 bridgehead atoms. The van der Waals surface area contributed by atoms with Gasteiger partial charge in [-0.3, -0.25) is 4.98 Å². The second-order valence-corrected chi connectivity index (χ2v) is 10.4. The molecule has 0 spiro atoms. The Balaban J connectivity index is 1.47. The van der Waals surface area contributed by atoms with Crippen molar-refractivity contribution >= 4 is 33.9 Å². The number of nitriles is 1. The fourth-order valence-corrected chi connectivity index (χ4v) is 5.21. The minimum Gasteiger partial charge on any atom is -0.378 e. The van der Waals surface area contributed by atoms with Gasteiger partial charge in [0.1, 0.15) is 17.6 Å². The molecule has 2 aliphatic rings. The molecule has 7 nitrogen and oxygen atoms in total. The molecule has 37 heavy (non-hydrogen) atoms. The highest BCUT2D eigenvalue weighted by Gasteiger charge is 2.36. The number of nitrogens with one attached hydrogen (secondary N) is 2. The summed E-state index contributed by atoms with van der Waals surface area (Å²) < 4.78 is 25.1. The summed E-state index contributed by atoms with van der Waals surface area (Å²) in [6.45, 7) is 2.15. The molecule has 2 aromatic carbocycles. The van der Waals surface area contributed by atoms with Crippen molar-refractivity contribution in [3.8, 4) is 6.07 Å². The lowest BCUT2D eigenvalue weighted by molar-refractivity contribution is 0.270. The number of rotatable bonds is 8. The van der Waals surface area contributed by atoms with Crippen LogP contribution in [0.25, 0.3) is 10.9 Å². The number of pyridine rings is 1. The zero-order valence-corrected chi connectivity index (χ0v) is 21.2. The quantitative estimate of drug-likeness (QED) is 0.268. The molecular formula is C28H27ClFN7. The molecule has 2 fully saturated rings. The Hall–Kier alpha value is -3.70. The van der Waals surface area contributed by atoms with Crippen LogP contribution < -0.4 is 10.6 Å². The number of anilines is 2. The maximum atomic E-state index is 13.8. The minimum absolute atomic E-state index is 0.0651. The number of nitrogens with zero attached hydrogens (tertiary/aromatic N) is 5. The molecule has 2 aliphatic carbocycles. The van der Waals surface area contributed by atoms with Crippen molar-refractivity contribution < 1.29 is 5.76 Å². The molecule has 2 heterocycles. The number of fused-ring (bicyclic) bond motifs is 1. The summed E-state index contributed by atoms with van der Waals surface area (Å²) in [6.07, 6.45) is 9.51. The maximum Gasteiger partial charge on any atom is 0.123 e. The normalized spacial score (nSPS) is 18.4. The second kappa shape index (κ2) is 9.31. The maximum absolute atomic E-state index is 13.8. The van der Waals surface area contributed by atoms with E-state index in [1.807, 2.05) is 6.07 Å². The van der Waals surface area contributed by atoms with Gasteiger partial charge >= 0.3 is 0 Å². The second-order valence-electron chi connectivity index (χ2n) is 9.95. The van der Waals surface area contributed by atoms with Gasteiger partial charge in [0.2, 0.25) is 0 Å². The van der Waals surface area contributed by atoms with Gasteiger partial charge in [0.15, 0.2) is 0 Å². The highest BCUT2D eigenvalue weighted by Crippen LogP contribution is 2.42. The third-order valence-corrected chi connectivity index (χ3v) is 7.80. The molecule has 2 saturated carbocycles. The van der Waals surface area contributed by atoms with E-state index in [0.717, 1.165) is 38.5 Å². The van der Waals surface area contributed by atoms with Crippen LogP contribution in [0.2, 0.25) is 5.02 Å². The highest BCUT2D eigenvalue weighted by molar-refractivity contribution is 6.35. The number of benzene rings is 2. The average molecular weight is 517 g/mol. The van der Waals surface area contributed by atoms with Crippen molar-refractivity contribution in [3.63, 3.8) is 0 Å². The van der Waals surface area contributed by atoms with Gasteiger partial charge in [-0.2, -0.15) is 5.26 Å². The lowest BCUT2D eigenvalue weighted by Crippen LogP contribution is -2.44. The smallest absolute Gasteiger partial charge is 0.123 e. The molecule has 1 atom stereocenters. The van der Waals surface area contributed by atoms with Crippen LogP contribution in [-0.2, 0) is 0 Å². The van der Waals surface area contributed by atoms with Crippen LogP contribution in [0.5, 0.6) is 0 Å². The van der Waals surface area contributed by atoms with E-state index < -0.39 is 11.8 Å². The van der Waals surface area contributed by atoms with E-state index >= 15 is 0 Å². The zero-order valence-electron chi connectivity index (χ0n) is 21.4. The summed E-state index contributed by atoms with van der Waals surface area (Å²) in [4.78, 5) is 4.47. The Labute approximate surface area is 221 Å². The average Bonchev–Trinajstić information content (AvgIpc) is 3.62. The lowest BCUT2D eigenvalue weighted by Gasteiger charge is -2.43. The van der Waals surface area contributed by atoms with E-state index in [4.69, 9.17) is 11.6 Å². The predicted molar refractivity (Wildman–Crippen MR) is 142 cm³/mol. The van der Waals surface area contributed by atoms with E-state index in [1.165, 1.54) is 12.1 Å². The molecule has 9 heteroatoms. The fourth-order valence-electron chi connectivity index (χ4n) is 4.94. The van der Waals surface area contributed by atoms with Crippen LogP contribution in [0.15, 0.2) is 48.8 Å². The highest BCUT2D eigenvalue weighted by atomic mass is 35.5. The monoisotopic (exact) mass is 516 g/mol. The molecule has 6 rings (SSSR count). The van der Waals surface area contributed by atoms with E-state index in [0.29, 0.717) is 50.2 Å². The van der Waals surface area contributed by atoms with Gasteiger partial charge in [0.25, 0.3) is 0 Å². The number of hydrogen-bond acceptors (Lipinski definition) is 6. The van der Waals surface area contributed by atoms with E-state index in [-0.39, 0.29) is 5.54 Å². The molecular weight excluding hydrogens is 489 g/mol. The number of aromatic nitrogens is 4. The molecule has 188 valence electrons. The van der Waals surface area contributed by atoms with Gasteiger partial charge in [-0.1, -0.05) is 35.9 Å². The molecule has 1 unspecified atom stereocenters. The Bertz CT molecular complexity index is 1550. The van der Waals surface area contributed by atoms with Gasteiger partial charge in [-0.25, -0.2) is 9.07 Å². The summed E-state index contributed by atoms with van der Waals surface area (Å²) in [6, 6.07) is 10.3. The van der Waals surface area contributed by atoms with Crippen LogP contribution in [-0.4, -0.2) is 25.5 Å². The van der Waals surface area contributed by atoms with Crippen molar-refractivity contribution in [2.45, 2.75) is 63.0 Å². The topological polar surface area (TPSA) is 91.5 Å². The van der Waals surface area contributed by atoms with E-state index in [1.54, 1.807) is 35.3 Å². The van der Waals surface area contributed by atoms with Crippen LogP contribution in [0.4, 0.5) is 15.8 Å². The molecule has 2 N–H and O–H groups in total. The standard InChI is InChI=1S/C28H27ClFN7/c1-2-28(10-3-11-28)34-25-18(14-31)15-32-27-22(25)12-20(13-23(27)29)33-26(17-4-6-19(30)7-5-17)24-16-37(36-35-24)21-8-9-21/h4-7,12-13,15-16,21,26,33H,2-3,8-11H2,1H3,(H,32,34)/i26D. The number of halogens is 2. The molecule has 0 saturated heterocycles.